The maximum absolute atomic E-state index is 11.8. The number of carbonyl (C=O) groups is 1. The summed E-state index contributed by atoms with van der Waals surface area (Å²) in [6.07, 6.45) is -0.465. The molecule has 0 spiro atoms. The predicted molar refractivity (Wildman–Crippen MR) is 62.7 cm³/mol. The summed E-state index contributed by atoms with van der Waals surface area (Å²) in [5.74, 6) is 0.129. The number of carbonyl (C=O) groups excluding carboxylic acids is 1. The van der Waals surface area contributed by atoms with Crippen LogP contribution in [0.2, 0.25) is 0 Å². The summed E-state index contributed by atoms with van der Waals surface area (Å²) < 4.78 is 5.34. The van der Waals surface area contributed by atoms with Crippen molar-refractivity contribution in [2.24, 2.45) is 0 Å². The van der Waals surface area contributed by atoms with Crippen molar-refractivity contribution in [3.8, 4) is 0 Å². The maximum Gasteiger partial charge on any atom is 0.257 e. The Bertz CT molecular complexity index is 396. The lowest BCUT2D eigenvalue weighted by Crippen LogP contribution is -2.45. The minimum Gasteiger partial charge on any atom is -0.366 e. The van der Waals surface area contributed by atoms with Crippen molar-refractivity contribution in [1.82, 2.24) is 15.3 Å². The highest BCUT2D eigenvalue weighted by molar-refractivity contribution is 5.92. The zero-order valence-electron chi connectivity index (χ0n) is 9.99. The number of nitrogens with zero attached hydrogens (tertiary/aromatic N) is 2. The lowest BCUT2D eigenvalue weighted by atomic mass is 10.3. The number of hydrogen-bond acceptors (Lipinski definition) is 5. The molecule has 1 amide bonds. The molecular formula is C11H16N4O2. The normalized spacial score (nSPS) is 20.0. The van der Waals surface area contributed by atoms with Gasteiger partial charge < -0.3 is 10.1 Å². The van der Waals surface area contributed by atoms with E-state index in [4.69, 9.17) is 4.74 Å². The van der Waals surface area contributed by atoms with Gasteiger partial charge in [0.25, 0.3) is 5.91 Å². The highest BCUT2D eigenvalue weighted by atomic mass is 16.5. The fourth-order valence-corrected chi connectivity index (χ4v) is 1.71. The van der Waals surface area contributed by atoms with E-state index < -0.39 is 6.10 Å². The van der Waals surface area contributed by atoms with Gasteiger partial charge in [0.05, 0.1) is 6.61 Å². The average Bonchev–Trinajstić information content (AvgIpc) is 2.28. The molecule has 1 aromatic heterocycles. The van der Waals surface area contributed by atoms with E-state index in [1.807, 2.05) is 19.9 Å². The first-order valence-corrected chi connectivity index (χ1v) is 5.60. The minimum atomic E-state index is -0.465. The summed E-state index contributed by atoms with van der Waals surface area (Å²) in [6.45, 7) is 5.58. The Morgan fingerprint density at radius 3 is 2.76 bits per heavy atom. The summed E-state index contributed by atoms with van der Waals surface area (Å²) in [5.41, 5.74) is 1.66. The van der Waals surface area contributed by atoms with E-state index in [0.717, 1.165) is 17.9 Å². The third-order valence-electron chi connectivity index (χ3n) is 2.44. The van der Waals surface area contributed by atoms with Crippen LogP contribution in [0.4, 0.5) is 5.95 Å². The number of aromatic nitrogens is 2. The molecule has 1 aliphatic heterocycles. The van der Waals surface area contributed by atoms with Crippen molar-refractivity contribution in [1.29, 1.82) is 0 Å². The van der Waals surface area contributed by atoms with Crippen molar-refractivity contribution < 1.29 is 9.53 Å². The largest absolute Gasteiger partial charge is 0.366 e. The van der Waals surface area contributed by atoms with E-state index in [1.54, 1.807) is 0 Å². The number of nitrogens with one attached hydrogen (secondary N) is 2. The number of anilines is 1. The highest BCUT2D eigenvalue weighted by Crippen LogP contribution is 2.05. The summed E-state index contributed by atoms with van der Waals surface area (Å²) in [6, 6.07) is 1.86. The highest BCUT2D eigenvalue weighted by Gasteiger charge is 2.22. The fourth-order valence-electron chi connectivity index (χ4n) is 1.71. The molecule has 0 aliphatic carbocycles. The molecular weight excluding hydrogens is 220 g/mol. The van der Waals surface area contributed by atoms with Crippen LogP contribution in [0.5, 0.6) is 0 Å². The van der Waals surface area contributed by atoms with Crippen LogP contribution in [0.3, 0.4) is 0 Å². The third kappa shape index (κ3) is 3.21. The van der Waals surface area contributed by atoms with Gasteiger partial charge in [-0.2, -0.15) is 0 Å². The van der Waals surface area contributed by atoms with E-state index >= 15 is 0 Å². The molecule has 0 bridgehead atoms. The summed E-state index contributed by atoms with van der Waals surface area (Å²) in [7, 11) is 0. The molecule has 1 fully saturated rings. The van der Waals surface area contributed by atoms with E-state index in [0.29, 0.717) is 19.1 Å². The first-order chi connectivity index (χ1) is 8.15. The molecule has 6 heteroatoms. The molecule has 2 heterocycles. The maximum atomic E-state index is 11.8. The van der Waals surface area contributed by atoms with Crippen molar-refractivity contribution in [3.05, 3.63) is 17.5 Å². The molecule has 1 aliphatic rings. The molecule has 17 heavy (non-hydrogen) atoms. The molecule has 6 nitrogen and oxygen atoms in total. The zero-order valence-corrected chi connectivity index (χ0v) is 9.99. The second kappa shape index (κ2) is 5.20. The first kappa shape index (κ1) is 11.9. The monoisotopic (exact) mass is 236 g/mol. The predicted octanol–water partition coefficient (Wildman–Crippen LogP) is 0.0203. The van der Waals surface area contributed by atoms with Gasteiger partial charge in [0.15, 0.2) is 0 Å². The fraction of sp³-hybridized carbons (Fsp3) is 0.545. The van der Waals surface area contributed by atoms with Crippen molar-refractivity contribution in [2.75, 3.05) is 25.0 Å². The summed E-state index contributed by atoms with van der Waals surface area (Å²) >= 11 is 0. The van der Waals surface area contributed by atoms with Crippen LogP contribution in [-0.2, 0) is 9.53 Å². The zero-order chi connectivity index (χ0) is 12.3. The third-order valence-corrected chi connectivity index (χ3v) is 2.44. The minimum absolute atomic E-state index is 0.206. The van der Waals surface area contributed by atoms with Crippen LogP contribution in [0.25, 0.3) is 0 Å². The Hall–Kier alpha value is -1.53. The molecule has 1 unspecified atom stereocenters. The van der Waals surface area contributed by atoms with Crippen LogP contribution in [0.1, 0.15) is 11.4 Å². The van der Waals surface area contributed by atoms with Crippen LogP contribution in [-0.4, -0.2) is 41.7 Å². The smallest absolute Gasteiger partial charge is 0.257 e. The topological polar surface area (TPSA) is 76.1 Å². The molecule has 0 aromatic carbocycles. The Balaban J connectivity index is 2.01. The number of hydrogen-bond donors (Lipinski definition) is 2. The lowest BCUT2D eigenvalue weighted by molar-refractivity contribution is -0.128. The van der Waals surface area contributed by atoms with Gasteiger partial charge in [0.1, 0.15) is 6.10 Å². The molecule has 2 N–H and O–H groups in total. The average molecular weight is 236 g/mol. The van der Waals surface area contributed by atoms with Crippen molar-refractivity contribution in [2.45, 2.75) is 20.0 Å². The Morgan fingerprint density at radius 2 is 2.18 bits per heavy atom. The SMILES string of the molecule is Cc1cc(C)nc(NC(=O)C2CNCCO2)n1. The van der Waals surface area contributed by atoms with Crippen LogP contribution in [0, 0.1) is 13.8 Å². The number of aryl methyl sites for hydroxylation is 2. The van der Waals surface area contributed by atoms with Gasteiger partial charge in [0.2, 0.25) is 5.95 Å². The quantitative estimate of drug-likeness (QED) is 0.757. The Labute approximate surface area is 99.8 Å². The molecule has 2 rings (SSSR count). The molecule has 1 atom stereocenters. The van der Waals surface area contributed by atoms with Gasteiger partial charge in [0, 0.05) is 24.5 Å². The Morgan fingerprint density at radius 1 is 1.47 bits per heavy atom. The standard InChI is InChI=1S/C11H16N4O2/c1-7-5-8(2)14-11(13-7)15-10(16)9-6-12-3-4-17-9/h5,9,12H,3-4,6H2,1-2H3,(H,13,14,15,16). The molecule has 92 valence electrons. The van der Waals surface area contributed by atoms with Crippen LogP contribution >= 0.6 is 0 Å². The molecule has 1 saturated heterocycles. The van der Waals surface area contributed by atoms with E-state index in [2.05, 4.69) is 20.6 Å². The summed E-state index contributed by atoms with van der Waals surface area (Å²) in [4.78, 5) is 20.1. The number of amides is 1. The van der Waals surface area contributed by atoms with Crippen molar-refractivity contribution in [3.63, 3.8) is 0 Å². The number of morpholine rings is 1. The molecule has 0 saturated carbocycles. The number of rotatable bonds is 2. The van der Waals surface area contributed by atoms with Crippen LogP contribution < -0.4 is 10.6 Å². The second-order valence-corrected chi connectivity index (χ2v) is 4.03. The molecule has 0 radical (unpaired) electrons. The summed E-state index contributed by atoms with van der Waals surface area (Å²) in [5, 5.41) is 5.76. The number of ether oxygens (including phenoxy) is 1. The van der Waals surface area contributed by atoms with Gasteiger partial charge in [-0.3, -0.25) is 10.1 Å². The van der Waals surface area contributed by atoms with Gasteiger partial charge >= 0.3 is 0 Å². The van der Waals surface area contributed by atoms with Gasteiger partial charge in [-0.15, -0.1) is 0 Å². The van der Waals surface area contributed by atoms with Gasteiger partial charge in [-0.1, -0.05) is 0 Å². The van der Waals surface area contributed by atoms with E-state index in [9.17, 15) is 4.79 Å². The van der Waals surface area contributed by atoms with Crippen molar-refractivity contribution >= 4 is 11.9 Å². The molecule has 1 aromatic rings. The Kier molecular flexibility index (Phi) is 3.65. The lowest BCUT2D eigenvalue weighted by Gasteiger charge is -2.22. The van der Waals surface area contributed by atoms with Crippen LogP contribution in [0.15, 0.2) is 6.07 Å². The van der Waals surface area contributed by atoms with E-state index in [-0.39, 0.29) is 5.91 Å². The second-order valence-electron chi connectivity index (χ2n) is 4.03. The first-order valence-electron chi connectivity index (χ1n) is 5.60. The van der Waals surface area contributed by atoms with Gasteiger partial charge in [-0.05, 0) is 19.9 Å². The van der Waals surface area contributed by atoms with Gasteiger partial charge in [-0.25, -0.2) is 9.97 Å². The van der Waals surface area contributed by atoms with E-state index in [1.165, 1.54) is 0 Å².